The molecule has 0 aliphatic rings. The summed E-state index contributed by atoms with van der Waals surface area (Å²) in [6.45, 7) is 0. The van der Waals surface area contributed by atoms with Crippen LogP contribution in [-0.2, 0) is 22.2 Å². The number of hydrogen-bond donors (Lipinski definition) is 4. The maximum Gasteiger partial charge on any atom is 0.325 e. The number of nitrogens with two attached hydrogens (primary N) is 1. The van der Waals surface area contributed by atoms with Crippen molar-refractivity contribution in [3.63, 3.8) is 0 Å². The van der Waals surface area contributed by atoms with E-state index in [0.717, 1.165) is 16.7 Å². The lowest BCUT2D eigenvalue weighted by molar-refractivity contribution is -0.138. The van der Waals surface area contributed by atoms with Gasteiger partial charge in [0.1, 0.15) is 6.04 Å². The van der Waals surface area contributed by atoms with Gasteiger partial charge in [-0.1, -0.05) is 48.5 Å². The highest BCUT2D eigenvalue weighted by atomic mass is 35.5. The van der Waals surface area contributed by atoms with Crippen molar-refractivity contribution in [2.75, 3.05) is 6.16 Å². The highest BCUT2D eigenvalue weighted by Crippen LogP contribution is 2.37. The van der Waals surface area contributed by atoms with Gasteiger partial charge in [0.25, 0.3) is 0 Å². The van der Waals surface area contributed by atoms with Crippen LogP contribution in [0, 0.1) is 0 Å². The fraction of sp³-hybridized carbons (Fsp3) is 0.235. The van der Waals surface area contributed by atoms with Crippen molar-refractivity contribution < 1.29 is 24.3 Å². The first kappa shape index (κ1) is 21.4. The van der Waals surface area contributed by atoms with Crippen LogP contribution in [0.15, 0.2) is 48.5 Å². The first-order valence-corrected chi connectivity index (χ1v) is 9.27. The molecule has 8 heteroatoms. The minimum atomic E-state index is -4.16. The Morgan fingerprint density at radius 1 is 1.08 bits per heavy atom. The second-order valence-corrected chi connectivity index (χ2v) is 7.37. The lowest BCUT2D eigenvalue weighted by Gasteiger charge is -2.17. The van der Waals surface area contributed by atoms with Gasteiger partial charge in [0.2, 0.25) is 0 Å². The van der Waals surface area contributed by atoms with Gasteiger partial charge >= 0.3 is 13.6 Å². The number of carboxylic acid groups (broad SMARTS) is 1. The van der Waals surface area contributed by atoms with Crippen molar-refractivity contribution >= 4 is 26.0 Å². The van der Waals surface area contributed by atoms with Crippen molar-refractivity contribution in [3.8, 4) is 11.1 Å². The summed E-state index contributed by atoms with van der Waals surface area (Å²) in [6, 6.07) is 13.8. The molecule has 2 rings (SSSR count). The minimum absolute atomic E-state index is 0. The normalized spacial score (nSPS) is 12.3. The van der Waals surface area contributed by atoms with E-state index in [2.05, 4.69) is 0 Å². The Kier molecular flexibility index (Phi) is 7.80. The summed E-state index contributed by atoms with van der Waals surface area (Å²) < 4.78 is 11.3. The number of carbonyl (C=O) groups is 1. The molecule has 0 amide bonds. The number of rotatable bonds is 7. The molecule has 0 saturated heterocycles. The third kappa shape index (κ3) is 6.27. The minimum Gasteiger partial charge on any atom is -0.480 e. The first-order valence-electron chi connectivity index (χ1n) is 7.47. The molecule has 2 aromatic carbocycles. The van der Waals surface area contributed by atoms with E-state index in [-0.39, 0.29) is 31.4 Å². The van der Waals surface area contributed by atoms with E-state index in [1.807, 2.05) is 36.4 Å². The molecule has 0 aliphatic carbocycles. The number of hydrogen-bond acceptors (Lipinski definition) is 3. The molecule has 0 bridgehead atoms. The predicted molar refractivity (Wildman–Crippen MR) is 99.1 cm³/mol. The maximum absolute atomic E-state index is 11.3. The maximum atomic E-state index is 11.3. The van der Waals surface area contributed by atoms with Gasteiger partial charge in [0.05, 0.1) is 6.16 Å². The van der Waals surface area contributed by atoms with E-state index in [9.17, 15) is 19.1 Å². The van der Waals surface area contributed by atoms with E-state index in [4.69, 9.17) is 10.8 Å². The summed E-state index contributed by atoms with van der Waals surface area (Å²) in [5.41, 5.74) is 8.79. The fourth-order valence-electron chi connectivity index (χ4n) is 2.59. The van der Waals surface area contributed by atoms with E-state index in [1.54, 1.807) is 12.1 Å². The topological polar surface area (TPSA) is 121 Å². The van der Waals surface area contributed by atoms with Gasteiger partial charge in [-0.15, -0.1) is 12.4 Å². The first-order chi connectivity index (χ1) is 11.3. The van der Waals surface area contributed by atoms with Gasteiger partial charge in [-0.3, -0.25) is 9.36 Å². The average Bonchev–Trinajstić information content (AvgIpc) is 2.53. The van der Waals surface area contributed by atoms with E-state index in [1.165, 1.54) is 0 Å². The molecule has 1 atom stereocenters. The van der Waals surface area contributed by atoms with Crippen LogP contribution in [0.2, 0.25) is 0 Å². The summed E-state index contributed by atoms with van der Waals surface area (Å²) >= 11 is 0. The van der Waals surface area contributed by atoms with Crippen molar-refractivity contribution in [3.05, 3.63) is 59.7 Å². The molecule has 0 saturated carbocycles. The Morgan fingerprint density at radius 2 is 1.72 bits per heavy atom. The van der Waals surface area contributed by atoms with Crippen LogP contribution in [0.4, 0.5) is 0 Å². The van der Waals surface area contributed by atoms with Gasteiger partial charge in [0, 0.05) is 0 Å². The molecule has 2 aromatic rings. The molecule has 0 aromatic heterocycles. The second-order valence-electron chi connectivity index (χ2n) is 5.60. The van der Waals surface area contributed by atoms with Gasteiger partial charge in [0.15, 0.2) is 0 Å². The van der Waals surface area contributed by atoms with E-state index in [0.29, 0.717) is 5.56 Å². The van der Waals surface area contributed by atoms with Crippen LogP contribution in [0.25, 0.3) is 11.1 Å². The SMILES string of the molecule is Cl.NC(Cc1cccc(-c2ccccc2)c1CCP(=O)(O)O)C(=O)O. The molecule has 6 nitrogen and oxygen atoms in total. The van der Waals surface area contributed by atoms with Gasteiger partial charge in [-0.25, -0.2) is 0 Å². The molecular formula is C17H21ClNO5P. The standard InChI is InChI=1S/C17H20NO5P.ClH/c18-16(17(19)20)11-13-7-4-8-14(12-5-2-1-3-6-12)15(13)9-10-24(21,22)23;/h1-8,16H,9-11,18H2,(H,19,20)(H2,21,22,23);1H. The van der Waals surface area contributed by atoms with Crippen LogP contribution in [-0.4, -0.2) is 33.1 Å². The second kappa shape index (κ2) is 9.13. The zero-order chi connectivity index (χ0) is 17.7. The Labute approximate surface area is 152 Å². The van der Waals surface area contributed by atoms with E-state index < -0.39 is 19.6 Å². The van der Waals surface area contributed by atoms with E-state index >= 15 is 0 Å². The summed E-state index contributed by atoms with van der Waals surface area (Å²) in [5.74, 6) is -1.11. The van der Waals surface area contributed by atoms with Gasteiger partial charge in [-0.05, 0) is 35.1 Å². The van der Waals surface area contributed by atoms with Crippen LogP contribution in [0.3, 0.4) is 0 Å². The molecular weight excluding hydrogens is 365 g/mol. The zero-order valence-electron chi connectivity index (χ0n) is 13.4. The Bertz CT molecular complexity index is 763. The van der Waals surface area contributed by atoms with Gasteiger partial charge < -0.3 is 20.6 Å². The smallest absolute Gasteiger partial charge is 0.325 e. The lowest BCUT2D eigenvalue weighted by Crippen LogP contribution is -2.32. The highest BCUT2D eigenvalue weighted by molar-refractivity contribution is 7.51. The molecule has 0 fully saturated rings. The lowest BCUT2D eigenvalue weighted by atomic mass is 9.91. The van der Waals surface area contributed by atoms with Crippen molar-refractivity contribution in [1.29, 1.82) is 0 Å². The average molecular weight is 386 g/mol. The molecule has 5 N–H and O–H groups in total. The predicted octanol–water partition coefficient (Wildman–Crippen LogP) is 2.45. The molecule has 0 spiro atoms. The highest BCUT2D eigenvalue weighted by Gasteiger charge is 2.20. The molecule has 136 valence electrons. The van der Waals surface area contributed by atoms with Crippen LogP contribution < -0.4 is 5.73 Å². The quantitative estimate of drug-likeness (QED) is 0.543. The summed E-state index contributed by atoms with van der Waals surface area (Å²) in [6.07, 6.45) is -0.0460. The Morgan fingerprint density at radius 3 is 2.28 bits per heavy atom. The molecule has 0 heterocycles. The largest absolute Gasteiger partial charge is 0.480 e. The van der Waals surface area contributed by atoms with Crippen LogP contribution in [0.5, 0.6) is 0 Å². The zero-order valence-corrected chi connectivity index (χ0v) is 15.1. The summed E-state index contributed by atoms with van der Waals surface area (Å²) in [5, 5.41) is 9.03. The third-order valence-electron chi connectivity index (χ3n) is 3.77. The molecule has 1 unspecified atom stereocenters. The molecule has 25 heavy (non-hydrogen) atoms. The third-order valence-corrected chi connectivity index (χ3v) is 4.57. The monoisotopic (exact) mass is 385 g/mol. The van der Waals surface area contributed by atoms with Crippen LogP contribution >= 0.6 is 20.0 Å². The Hall–Kier alpha value is -1.69. The fourth-order valence-corrected chi connectivity index (χ4v) is 3.11. The number of aliphatic carboxylic acids is 1. The van der Waals surface area contributed by atoms with Gasteiger partial charge in [-0.2, -0.15) is 0 Å². The Balaban J connectivity index is 0.00000312. The summed E-state index contributed by atoms with van der Waals surface area (Å²) in [4.78, 5) is 29.4. The molecule has 0 radical (unpaired) electrons. The number of benzene rings is 2. The van der Waals surface area contributed by atoms with Crippen LogP contribution in [0.1, 0.15) is 11.1 Å². The van der Waals surface area contributed by atoms with Crippen molar-refractivity contribution in [2.45, 2.75) is 18.9 Å². The molecule has 0 aliphatic heterocycles. The van der Waals surface area contributed by atoms with Crippen molar-refractivity contribution in [1.82, 2.24) is 0 Å². The number of carboxylic acids is 1. The van der Waals surface area contributed by atoms with Crippen molar-refractivity contribution in [2.24, 2.45) is 5.73 Å². The summed E-state index contributed by atoms with van der Waals surface area (Å²) in [7, 11) is -4.16. The number of halogens is 1.